The Bertz CT molecular complexity index is 996. The number of hydrogen-bond acceptors (Lipinski definition) is 6. The van der Waals surface area contributed by atoms with Gasteiger partial charge in [-0.2, -0.15) is 0 Å². The van der Waals surface area contributed by atoms with Gasteiger partial charge in [-0.25, -0.2) is 14.8 Å². The lowest BCUT2D eigenvalue weighted by atomic mass is 9.94. The molecular formula is C21H27N5O2S. The monoisotopic (exact) mass is 413 g/mol. The molecule has 0 spiro atoms. The van der Waals surface area contributed by atoms with Crippen LogP contribution in [-0.2, 0) is 11.8 Å². The number of carbonyl (C=O) groups excluding carboxylic acids is 1. The number of anilines is 1. The normalized spacial score (nSPS) is 11.5. The van der Waals surface area contributed by atoms with Crippen molar-refractivity contribution >= 4 is 22.5 Å². The number of pyridine rings is 1. The van der Waals surface area contributed by atoms with Gasteiger partial charge in [-0.3, -0.25) is 10.3 Å². The van der Waals surface area contributed by atoms with Gasteiger partial charge in [0.15, 0.2) is 11.0 Å². The van der Waals surface area contributed by atoms with Gasteiger partial charge in [0.25, 0.3) is 0 Å². The van der Waals surface area contributed by atoms with E-state index in [-0.39, 0.29) is 11.4 Å². The molecule has 0 fully saturated rings. The number of carbonyl (C=O) groups is 1. The maximum absolute atomic E-state index is 12.2. The summed E-state index contributed by atoms with van der Waals surface area (Å²) in [4.78, 5) is 26.4. The highest BCUT2D eigenvalue weighted by Crippen LogP contribution is 2.33. The van der Waals surface area contributed by atoms with Crippen LogP contribution < -0.4 is 10.6 Å². The van der Waals surface area contributed by atoms with Crippen molar-refractivity contribution in [3.8, 4) is 10.4 Å². The van der Waals surface area contributed by atoms with Crippen LogP contribution in [0.25, 0.3) is 10.4 Å². The molecule has 3 aromatic rings. The van der Waals surface area contributed by atoms with Crippen molar-refractivity contribution in [1.82, 2.24) is 20.3 Å². The second-order valence-electron chi connectivity index (χ2n) is 8.07. The summed E-state index contributed by atoms with van der Waals surface area (Å²) in [6, 6.07) is 3.76. The molecule has 8 heteroatoms. The fourth-order valence-electron chi connectivity index (χ4n) is 2.88. The summed E-state index contributed by atoms with van der Waals surface area (Å²) < 4.78 is 5.74. The predicted molar refractivity (Wildman–Crippen MR) is 115 cm³/mol. The van der Waals surface area contributed by atoms with Crippen LogP contribution in [0, 0.1) is 20.8 Å². The number of thiazole rings is 1. The Morgan fingerprint density at radius 3 is 2.45 bits per heavy atom. The maximum Gasteiger partial charge on any atom is 0.321 e. The smallest absolute Gasteiger partial charge is 0.321 e. The highest BCUT2D eigenvalue weighted by Gasteiger charge is 2.19. The number of nitrogens with zero attached hydrogens (tertiary/aromatic N) is 3. The van der Waals surface area contributed by atoms with E-state index in [4.69, 9.17) is 4.42 Å². The molecule has 0 saturated heterocycles. The molecule has 0 radical (unpaired) electrons. The Balaban J connectivity index is 1.56. The van der Waals surface area contributed by atoms with Crippen molar-refractivity contribution in [3.05, 3.63) is 47.1 Å². The minimum absolute atomic E-state index is 0.0810. The molecular weight excluding hydrogens is 386 g/mol. The van der Waals surface area contributed by atoms with Crippen molar-refractivity contribution in [3.63, 3.8) is 0 Å². The van der Waals surface area contributed by atoms with Gasteiger partial charge in [0.1, 0.15) is 5.76 Å². The molecule has 3 aromatic heterocycles. The van der Waals surface area contributed by atoms with Crippen LogP contribution in [0.15, 0.2) is 22.7 Å². The highest BCUT2D eigenvalue weighted by molar-refractivity contribution is 7.19. The Morgan fingerprint density at radius 2 is 1.83 bits per heavy atom. The third kappa shape index (κ3) is 5.41. The van der Waals surface area contributed by atoms with Gasteiger partial charge in [0, 0.05) is 29.8 Å². The molecule has 29 heavy (non-hydrogen) atoms. The number of rotatable bonds is 5. The summed E-state index contributed by atoms with van der Waals surface area (Å²) in [5, 5.41) is 6.19. The Morgan fingerprint density at radius 1 is 1.14 bits per heavy atom. The van der Waals surface area contributed by atoms with Crippen molar-refractivity contribution in [2.24, 2.45) is 0 Å². The second-order valence-corrected chi connectivity index (χ2v) is 9.07. The van der Waals surface area contributed by atoms with E-state index in [1.54, 1.807) is 6.20 Å². The average molecular weight is 414 g/mol. The molecule has 0 bridgehead atoms. The Kier molecular flexibility index (Phi) is 6.02. The van der Waals surface area contributed by atoms with E-state index in [2.05, 4.69) is 46.4 Å². The number of oxazole rings is 1. The highest BCUT2D eigenvalue weighted by atomic mass is 32.1. The maximum atomic E-state index is 12.2. The van der Waals surface area contributed by atoms with Gasteiger partial charge in [0.05, 0.1) is 16.8 Å². The van der Waals surface area contributed by atoms with Crippen molar-refractivity contribution in [1.29, 1.82) is 0 Å². The molecule has 3 rings (SSSR count). The summed E-state index contributed by atoms with van der Waals surface area (Å²) in [7, 11) is 0. The number of aryl methyl sites for hydroxylation is 3. The summed E-state index contributed by atoms with van der Waals surface area (Å²) in [6.45, 7) is 12.5. The SMILES string of the molecule is Cc1cc(-c2sc(NC(=O)NCCc3ncc(C(C)(C)C)o3)nc2C)cc(C)n1. The Hall–Kier alpha value is -2.74. The number of urea groups is 1. The zero-order chi connectivity index (χ0) is 21.2. The molecule has 3 heterocycles. The summed E-state index contributed by atoms with van der Waals surface area (Å²) in [6.07, 6.45) is 2.28. The average Bonchev–Trinajstić information content (AvgIpc) is 3.20. The second kappa shape index (κ2) is 8.32. The van der Waals surface area contributed by atoms with Crippen LogP contribution >= 0.6 is 11.3 Å². The first-order valence-corrected chi connectivity index (χ1v) is 10.4. The zero-order valence-corrected chi connectivity index (χ0v) is 18.5. The van der Waals surface area contributed by atoms with Crippen molar-refractivity contribution < 1.29 is 9.21 Å². The van der Waals surface area contributed by atoms with E-state index in [1.807, 2.05) is 32.9 Å². The Labute approximate surface area is 175 Å². The predicted octanol–water partition coefficient (Wildman–Crippen LogP) is 4.78. The number of nitrogens with one attached hydrogen (secondary N) is 2. The molecule has 0 atom stereocenters. The first-order valence-electron chi connectivity index (χ1n) is 9.55. The van der Waals surface area contributed by atoms with Crippen LogP contribution in [0.3, 0.4) is 0 Å². The van der Waals surface area contributed by atoms with E-state index in [0.29, 0.717) is 24.0 Å². The molecule has 0 aliphatic rings. The van der Waals surface area contributed by atoms with E-state index >= 15 is 0 Å². The van der Waals surface area contributed by atoms with Crippen LogP contribution in [0.1, 0.15) is 49.5 Å². The summed E-state index contributed by atoms with van der Waals surface area (Å²) in [5.74, 6) is 1.45. The molecule has 7 nitrogen and oxygen atoms in total. The standard InChI is InChI=1S/C21H27N5O2S/c1-12-9-15(10-13(2)24-12)18-14(3)25-20(29-18)26-19(27)22-8-7-17-23-11-16(28-17)21(4,5)6/h9-11H,7-8H2,1-6H3,(H2,22,25,26,27). The zero-order valence-electron chi connectivity index (χ0n) is 17.7. The van der Waals surface area contributed by atoms with E-state index in [0.717, 1.165) is 33.3 Å². The van der Waals surface area contributed by atoms with Gasteiger partial charge < -0.3 is 9.73 Å². The molecule has 2 N–H and O–H groups in total. The molecule has 154 valence electrons. The minimum atomic E-state index is -0.296. The fraction of sp³-hybridized carbons (Fsp3) is 0.429. The molecule has 0 aromatic carbocycles. The lowest BCUT2D eigenvalue weighted by Gasteiger charge is -2.13. The number of amides is 2. The van der Waals surface area contributed by atoms with Crippen LogP contribution in [0.2, 0.25) is 0 Å². The minimum Gasteiger partial charge on any atom is -0.445 e. The molecule has 2 amide bonds. The van der Waals surface area contributed by atoms with Crippen LogP contribution in [0.5, 0.6) is 0 Å². The lowest BCUT2D eigenvalue weighted by Crippen LogP contribution is -2.30. The fourth-order valence-corrected chi connectivity index (χ4v) is 3.83. The largest absolute Gasteiger partial charge is 0.445 e. The lowest BCUT2D eigenvalue weighted by molar-refractivity contribution is 0.252. The van der Waals surface area contributed by atoms with Gasteiger partial charge in [-0.05, 0) is 38.5 Å². The number of hydrogen-bond donors (Lipinski definition) is 2. The van der Waals surface area contributed by atoms with E-state index < -0.39 is 0 Å². The van der Waals surface area contributed by atoms with Crippen LogP contribution in [0.4, 0.5) is 9.93 Å². The third-order valence-electron chi connectivity index (χ3n) is 4.28. The molecule has 0 unspecified atom stereocenters. The van der Waals surface area contributed by atoms with Crippen LogP contribution in [-0.4, -0.2) is 27.5 Å². The first-order chi connectivity index (χ1) is 13.6. The summed E-state index contributed by atoms with van der Waals surface area (Å²) >= 11 is 1.45. The number of aromatic nitrogens is 3. The van der Waals surface area contributed by atoms with Gasteiger partial charge in [-0.15, -0.1) is 0 Å². The van der Waals surface area contributed by atoms with Gasteiger partial charge in [0.2, 0.25) is 0 Å². The topological polar surface area (TPSA) is 92.9 Å². The van der Waals surface area contributed by atoms with E-state index in [9.17, 15) is 4.79 Å². The summed E-state index contributed by atoms with van der Waals surface area (Å²) in [5.41, 5.74) is 3.78. The quantitative estimate of drug-likeness (QED) is 0.628. The van der Waals surface area contributed by atoms with Crippen molar-refractivity contribution in [2.75, 3.05) is 11.9 Å². The molecule has 0 saturated carbocycles. The van der Waals surface area contributed by atoms with Crippen molar-refractivity contribution in [2.45, 2.75) is 53.4 Å². The third-order valence-corrected chi connectivity index (χ3v) is 5.40. The molecule has 0 aliphatic carbocycles. The van der Waals surface area contributed by atoms with E-state index in [1.165, 1.54) is 11.3 Å². The first kappa shape index (κ1) is 21.0. The van der Waals surface area contributed by atoms with Gasteiger partial charge >= 0.3 is 6.03 Å². The molecule has 0 aliphatic heterocycles. The van der Waals surface area contributed by atoms with Gasteiger partial charge in [-0.1, -0.05) is 32.1 Å².